The first-order valence-electron chi connectivity index (χ1n) is 4.63. The summed E-state index contributed by atoms with van der Waals surface area (Å²) in [5, 5.41) is 8.67. The minimum Gasteiger partial charge on any atom is -0.477 e. The Morgan fingerprint density at radius 1 is 1.39 bits per heavy atom. The van der Waals surface area contributed by atoms with Crippen LogP contribution in [-0.2, 0) is 6.18 Å². The molecule has 2 heterocycles. The molecule has 0 bridgehead atoms. The van der Waals surface area contributed by atoms with E-state index >= 15 is 0 Å². The molecule has 0 aliphatic carbocycles. The standard InChI is InChI=1S/C10H5F3N2O3/c11-10(12,13)5-2-1-3-15-7(16)4-6(9(17)18)14-8(5)15/h1-4H,(H,17,18). The van der Waals surface area contributed by atoms with E-state index in [-0.39, 0.29) is 0 Å². The van der Waals surface area contributed by atoms with E-state index in [0.29, 0.717) is 10.5 Å². The number of hydrogen-bond acceptors (Lipinski definition) is 3. The Morgan fingerprint density at radius 2 is 2.06 bits per heavy atom. The van der Waals surface area contributed by atoms with Crippen molar-refractivity contribution < 1.29 is 23.1 Å². The normalized spacial score (nSPS) is 11.7. The van der Waals surface area contributed by atoms with Gasteiger partial charge in [0.1, 0.15) is 0 Å². The van der Waals surface area contributed by atoms with Gasteiger partial charge in [-0.1, -0.05) is 0 Å². The lowest BCUT2D eigenvalue weighted by Gasteiger charge is -2.10. The molecule has 0 atom stereocenters. The molecule has 0 aliphatic heterocycles. The quantitative estimate of drug-likeness (QED) is 0.839. The van der Waals surface area contributed by atoms with Crippen LogP contribution in [0.4, 0.5) is 13.2 Å². The van der Waals surface area contributed by atoms with Crippen LogP contribution in [0.15, 0.2) is 29.2 Å². The minimum atomic E-state index is -4.72. The van der Waals surface area contributed by atoms with E-state index in [1.165, 1.54) is 0 Å². The van der Waals surface area contributed by atoms with Crippen molar-refractivity contribution in [2.75, 3.05) is 0 Å². The van der Waals surface area contributed by atoms with Crippen LogP contribution in [0.1, 0.15) is 16.1 Å². The summed E-state index contributed by atoms with van der Waals surface area (Å²) in [6.07, 6.45) is -3.63. The predicted octanol–water partition coefficient (Wildman–Crippen LogP) is 1.41. The van der Waals surface area contributed by atoms with Gasteiger partial charge in [0.25, 0.3) is 5.56 Å². The van der Waals surface area contributed by atoms with Crippen LogP contribution in [0.5, 0.6) is 0 Å². The monoisotopic (exact) mass is 258 g/mol. The third kappa shape index (κ3) is 1.92. The number of alkyl halides is 3. The Labute approximate surface area is 97.1 Å². The number of fused-ring (bicyclic) bond motifs is 1. The number of carbonyl (C=O) groups is 1. The average molecular weight is 258 g/mol. The molecule has 0 amide bonds. The van der Waals surface area contributed by atoms with E-state index in [0.717, 1.165) is 18.3 Å². The van der Waals surface area contributed by atoms with E-state index in [1.807, 2.05) is 0 Å². The van der Waals surface area contributed by atoms with E-state index in [4.69, 9.17) is 5.11 Å². The van der Waals surface area contributed by atoms with Crippen molar-refractivity contribution in [1.29, 1.82) is 0 Å². The molecule has 2 aromatic rings. The SMILES string of the molecule is O=C(O)c1cc(=O)n2cccc(C(F)(F)F)c2n1. The van der Waals surface area contributed by atoms with Crippen molar-refractivity contribution in [2.24, 2.45) is 0 Å². The molecule has 0 spiro atoms. The van der Waals surface area contributed by atoms with Crippen molar-refractivity contribution in [3.8, 4) is 0 Å². The molecule has 94 valence electrons. The highest BCUT2D eigenvalue weighted by molar-refractivity contribution is 5.85. The summed E-state index contributed by atoms with van der Waals surface area (Å²) in [7, 11) is 0. The van der Waals surface area contributed by atoms with Gasteiger partial charge in [0, 0.05) is 12.3 Å². The minimum absolute atomic E-state index is 0.648. The summed E-state index contributed by atoms with van der Waals surface area (Å²) < 4.78 is 38.7. The molecule has 2 aromatic heterocycles. The van der Waals surface area contributed by atoms with E-state index in [2.05, 4.69) is 4.98 Å². The molecular weight excluding hydrogens is 253 g/mol. The zero-order valence-electron chi connectivity index (χ0n) is 8.60. The molecular formula is C10H5F3N2O3. The highest BCUT2D eigenvalue weighted by Crippen LogP contribution is 2.31. The number of carboxylic acids is 1. The molecule has 0 radical (unpaired) electrons. The van der Waals surface area contributed by atoms with Crippen LogP contribution in [0.2, 0.25) is 0 Å². The molecule has 0 fully saturated rings. The molecule has 8 heteroatoms. The van der Waals surface area contributed by atoms with Crippen molar-refractivity contribution in [3.05, 3.63) is 46.0 Å². The van der Waals surface area contributed by atoms with Gasteiger partial charge in [-0.25, -0.2) is 9.78 Å². The van der Waals surface area contributed by atoms with Gasteiger partial charge in [0.2, 0.25) is 0 Å². The van der Waals surface area contributed by atoms with Gasteiger partial charge < -0.3 is 5.11 Å². The van der Waals surface area contributed by atoms with Crippen molar-refractivity contribution >= 4 is 11.6 Å². The van der Waals surface area contributed by atoms with Crippen LogP contribution in [0.25, 0.3) is 5.65 Å². The van der Waals surface area contributed by atoms with E-state index in [9.17, 15) is 22.8 Å². The van der Waals surface area contributed by atoms with Gasteiger partial charge in [0.15, 0.2) is 11.3 Å². The maximum Gasteiger partial charge on any atom is 0.419 e. The van der Waals surface area contributed by atoms with Crippen molar-refractivity contribution in [3.63, 3.8) is 0 Å². The molecule has 0 aromatic carbocycles. The van der Waals surface area contributed by atoms with Gasteiger partial charge >= 0.3 is 12.1 Å². The Bertz CT molecular complexity index is 691. The average Bonchev–Trinajstić information content (AvgIpc) is 2.26. The first-order chi connectivity index (χ1) is 8.30. The summed E-state index contributed by atoms with van der Waals surface area (Å²) >= 11 is 0. The Balaban J connectivity index is 2.91. The largest absolute Gasteiger partial charge is 0.477 e. The lowest BCUT2D eigenvalue weighted by molar-refractivity contribution is -0.136. The molecule has 18 heavy (non-hydrogen) atoms. The maximum absolute atomic E-state index is 12.7. The lowest BCUT2D eigenvalue weighted by atomic mass is 10.2. The van der Waals surface area contributed by atoms with Crippen molar-refractivity contribution in [1.82, 2.24) is 9.38 Å². The molecule has 0 aliphatic rings. The molecule has 1 N–H and O–H groups in total. The number of hydrogen-bond donors (Lipinski definition) is 1. The van der Waals surface area contributed by atoms with Crippen molar-refractivity contribution in [2.45, 2.75) is 6.18 Å². The predicted molar refractivity (Wildman–Crippen MR) is 53.4 cm³/mol. The fraction of sp³-hybridized carbons (Fsp3) is 0.100. The maximum atomic E-state index is 12.7. The van der Waals surface area contributed by atoms with E-state index in [1.54, 1.807) is 0 Å². The highest BCUT2D eigenvalue weighted by Gasteiger charge is 2.34. The van der Waals surface area contributed by atoms with Gasteiger partial charge in [-0.3, -0.25) is 9.20 Å². The summed E-state index contributed by atoms with van der Waals surface area (Å²) in [5.41, 5.74) is -3.50. The Kier molecular flexibility index (Phi) is 2.57. The summed E-state index contributed by atoms with van der Waals surface area (Å²) in [6, 6.07) is 2.43. The lowest BCUT2D eigenvalue weighted by Crippen LogP contribution is -2.20. The Morgan fingerprint density at radius 3 is 2.61 bits per heavy atom. The van der Waals surface area contributed by atoms with Gasteiger partial charge in [-0.2, -0.15) is 13.2 Å². The van der Waals surface area contributed by atoms with Gasteiger partial charge in [-0.05, 0) is 12.1 Å². The third-order valence-electron chi connectivity index (χ3n) is 2.22. The summed E-state index contributed by atoms with van der Waals surface area (Å²) in [4.78, 5) is 25.5. The second-order valence-electron chi connectivity index (χ2n) is 3.40. The number of rotatable bonds is 1. The molecule has 0 saturated heterocycles. The number of carboxylic acid groups (broad SMARTS) is 1. The number of aromatic carboxylic acids is 1. The van der Waals surface area contributed by atoms with E-state index < -0.39 is 34.6 Å². The summed E-state index contributed by atoms with van der Waals surface area (Å²) in [5.74, 6) is -1.56. The van der Waals surface area contributed by atoms with Crippen LogP contribution >= 0.6 is 0 Å². The number of aromatic nitrogens is 2. The molecule has 0 saturated carbocycles. The number of nitrogens with zero attached hydrogens (tertiary/aromatic N) is 2. The van der Waals surface area contributed by atoms with Crippen LogP contribution in [0.3, 0.4) is 0 Å². The van der Waals surface area contributed by atoms with Crippen LogP contribution in [-0.4, -0.2) is 20.5 Å². The number of pyridine rings is 1. The first-order valence-corrected chi connectivity index (χ1v) is 4.63. The second kappa shape index (κ2) is 3.83. The topological polar surface area (TPSA) is 71.7 Å². The fourth-order valence-corrected chi connectivity index (χ4v) is 1.46. The van der Waals surface area contributed by atoms with Gasteiger partial charge in [-0.15, -0.1) is 0 Å². The van der Waals surface area contributed by atoms with Crippen LogP contribution < -0.4 is 5.56 Å². The first kappa shape index (κ1) is 12.1. The van der Waals surface area contributed by atoms with Crippen LogP contribution in [0, 0.1) is 0 Å². The molecule has 5 nitrogen and oxygen atoms in total. The smallest absolute Gasteiger partial charge is 0.419 e. The fourth-order valence-electron chi connectivity index (χ4n) is 1.46. The summed E-state index contributed by atoms with van der Waals surface area (Å²) in [6.45, 7) is 0. The highest BCUT2D eigenvalue weighted by atomic mass is 19.4. The molecule has 2 rings (SSSR count). The second-order valence-corrected chi connectivity index (χ2v) is 3.40. The zero-order chi connectivity index (χ0) is 13.5. The zero-order valence-corrected chi connectivity index (χ0v) is 8.60. The number of halogens is 3. The molecule has 0 unspecified atom stereocenters. The van der Waals surface area contributed by atoms with Gasteiger partial charge in [0.05, 0.1) is 5.56 Å². The third-order valence-corrected chi connectivity index (χ3v) is 2.22. The Hall–Kier alpha value is -2.38.